The maximum atomic E-state index is 11.8. The van der Waals surface area contributed by atoms with Crippen molar-refractivity contribution < 1.29 is 9.53 Å². The van der Waals surface area contributed by atoms with Gasteiger partial charge in [-0.2, -0.15) is 0 Å². The number of benzene rings is 1. The molecular weight excluding hydrogens is 222 g/mol. The summed E-state index contributed by atoms with van der Waals surface area (Å²) in [6.45, 7) is 1.97. The Labute approximate surface area is 100 Å². The van der Waals surface area contributed by atoms with Crippen LogP contribution < -0.4 is 9.64 Å². The number of carbonyl (C=O) groups excluding carboxylic acids is 1. The highest BCUT2D eigenvalue weighted by Crippen LogP contribution is 2.31. The van der Waals surface area contributed by atoms with E-state index in [4.69, 9.17) is 17.0 Å². The smallest absolute Gasteiger partial charge is 0.241 e. The Morgan fingerprint density at radius 2 is 2.00 bits per heavy atom. The molecule has 3 nitrogen and oxygen atoms in total. The van der Waals surface area contributed by atoms with Gasteiger partial charge in [-0.1, -0.05) is 19.1 Å². The first kappa shape index (κ1) is 11.1. The van der Waals surface area contributed by atoms with E-state index < -0.39 is 0 Å². The van der Waals surface area contributed by atoms with Crippen molar-refractivity contribution in [3.05, 3.63) is 24.3 Å². The van der Waals surface area contributed by atoms with Crippen molar-refractivity contribution in [2.24, 2.45) is 5.92 Å². The molecule has 0 spiro atoms. The lowest BCUT2D eigenvalue weighted by Gasteiger charge is -2.38. The standard InChI is InChI=1S/C12H13NO2S/c1-3-10-11(14)13(12(10)16)8-4-6-9(15-2)7-5-8/h4-7,10H,3H2,1-2H3. The van der Waals surface area contributed by atoms with Crippen LogP contribution in [0.1, 0.15) is 13.3 Å². The lowest BCUT2D eigenvalue weighted by molar-refractivity contribution is -0.121. The van der Waals surface area contributed by atoms with E-state index in [1.54, 1.807) is 12.0 Å². The van der Waals surface area contributed by atoms with E-state index in [2.05, 4.69) is 0 Å². The van der Waals surface area contributed by atoms with Crippen LogP contribution >= 0.6 is 12.2 Å². The van der Waals surface area contributed by atoms with Crippen molar-refractivity contribution in [2.45, 2.75) is 13.3 Å². The van der Waals surface area contributed by atoms with Gasteiger partial charge in [0.05, 0.1) is 13.0 Å². The molecule has 0 aromatic heterocycles. The number of methoxy groups -OCH3 is 1. The molecular formula is C12H13NO2S. The molecule has 1 amide bonds. The second-order valence-electron chi connectivity index (χ2n) is 3.67. The van der Waals surface area contributed by atoms with E-state index in [9.17, 15) is 4.79 Å². The minimum Gasteiger partial charge on any atom is -0.497 e. The van der Waals surface area contributed by atoms with Crippen LogP contribution in [-0.2, 0) is 4.79 Å². The topological polar surface area (TPSA) is 29.5 Å². The fraction of sp³-hybridized carbons (Fsp3) is 0.333. The number of amides is 1. The largest absolute Gasteiger partial charge is 0.497 e. The monoisotopic (exact) mass is 235 g/mol. The highest BCUT2D eigenvalue weighted by molar-refractivity contribution is 7.81. The predicted octanol–water partition coefficient (Wildman–Crippen LogP) is 2.40. The van der Waals surface area contributed by atoms with Crippen molar-refractivity contribution in [1.82, 2.24) is 0 Å². The number of ether oxygens (including phenoxy) is 1. The molecule has 84 valence electrons. The first-order valence-corrected chi connectivity index (χ1v) is 5.61. The average molecular weight is 235 g/mol. The third-order valence-electron chi connectivity index (χ3n) is 2.78. The molecule has 16 heavy (non-hydrogen) atoms. The normalized spacial score (nSPS) is 19.6. The van der Waals surface area contributed by atoms with Crippen LogP contribution in [0, 0.1) is 5.92 Å². The summed E-state index contributed by atoms with van der Waals surface area (Å²) in [4.78, 5) is 14.1. The van der Waals surface area contributed by atoms with Crippen LogP contribution in [0.4, 0.5) is 5.69 Å². The molecule has 0 bridgehead atoms. The molecule has 0 radical (unpaired) electrons. The van der Waals surface area contributed by atoms with Gasteiger partial charge in [-0.25, -0.2) is 0 Å². The van der Waals surface area contributed by atoms with E-state index in [-0.39, 0.29) is 11.8 Å². The van der Waals surface area contributed by atoms with Gasteiger partial charge in [0.15, 0.2) is 0 Å². The number of carbonyl (C=O) groups is 1. The Bertz CT molecular complexity index is 411. The Kier molecular flexibility index (Phi) is 2.92. The first-order chi connectivity index (χ1) is 7.69. The van der Waals surface area contributed by atoms with Crippen molar-refractivity contribution in [1.29, 1.82) is 0 Å². The maximum absolute atomic E-state index is 11.8. The fourth-order valence-electron chi connectivity index (χ4n) is 1.79. The lowest BCUT2D eigenvalue weighted by atomic mass is 9.95. The number of rotatable bonds is 3. The highest BCUT2D eigenvalue weighted by atomic mass is 32.1. The van der Waals surface area contributed by atoms with Gasteiger partial charge in [-0.15, -0.1) is 0 Å². The third-order valence-corrected chi connectivity index (χ3v) is 3.24. The van der Waals surface area contributed by atoms with Crippen molar-refractivity contribution in [3.63, 3.8) is 0 Å². The van der Waals surface area contributed by atoms with E-state index in [1.165, 1.54) is 0 Å². The van der Waals surface area contributed by atoms with E-state index >= 15 is 0 Å². The summed E-state index contributed by atoms with van der Waals surface area (Å²) in [7, 11) is 1.61. The summed E-state index contributed by atoms with van der Waals surface area (Å²) in [5.74, 6) is 0.796. The molecule has 1 unspecified atom stereocenters. The molecule has 1 aliphatic heterocycles. The van der Waals surface area contributed by atoms with Gasteiger partial charge < -0.3 is 4.74 Å². The van der Waals surface area contributed by atoms with Crippen molar-refractivity contribution >= 4 is 28.8 Å². The molecule has 1 aromatic carbocycles. The first-order valence-electron chi connectivity index (χ1n) is 5.21. The SMILES string of the molecule is CCC1C(=O)N(c2ccc(OC)cc2)C1=S. The van der Waals surface area contributed by atoms with Crippen LogP contribution in [0.5, 0.6) is 5.75 Å². The number of thiocarbonyl (C=S) groups is 1. The zero-order chi connectivity index (χ0) is 11.7. The number of β-lactam (4-membered cyclic amide) rings is 1. The van der Waals surface area contributed by atoms with Gasteiger partial charge in [-0.3, -0.25) is 9.69 Å². The number of anilines is 1. The Morgan fingerprint density at radius 1 is 1.38 bits per heavy atom. The lowest BCUT2D eigenvalue weighted by Crippen LogP contribution is -2.56. The van der Waals surface area contributed by atoms with Crippen molar-refractivity contribution in [2.75, 3.05) is 12.0 Å². The van der Waals surface area contributed by atoms with Gasteiger partial charge in [0.1, 0.15) is 10.7 Å². The Hall–Kier alpha value is -1.42. The molecule has 0 aliphatic carbocycles. The maximum Gasteiger partial charge on any atom is 0.241 e. The van der Waals surface area contributed by atoms with Gasteiger partial charge in [0, 0.05) is 5.69 Å². The Balaban J connectivity index is 2.20. The minimum atomic E-state index is -0.0721. The van der Waals surface area contributed by atoms with Crippen LogP contribution in [0.2, 0.25) is 0 Å². The summed E-state index contributed by atoms with van der Waals surface area (Å²) in [5.41, 5.74) is 0.820. The van der Waals surface area contributed by atoms with Crippen LogP contribution in [0.3, 0.4) is 0 Å². The average Bonchev–Trinajstić information content (AvgIpc) is 2.31. The van der Waals surface area contributed by atoms with Crippen LogP contribution in [-0.4, -0.2) is 18.0 Å². The zero-order valence-corrected chi connectivity index (χ0v) is 10.1. The highest BCUT2D eigenvalue weighted by Gasteiger charge is 2.42. The van der Waals surface area contributed by atoms with Gasteiger partial charge in [0.2, 0.25) is 5.91 Å². The second kappa shape index (κ2) is 4.22. The second-order valence-corrected chi connectivity index (χ2v) is 4.09. The Morgan fingerprint density at radius 3 is 2.44 bits per heavy atom. The molecule has 1 saturated heterocycles. The van der Waals surface area contributed by atoms with E-state index in [0.717, 1.165) is 22.8 Å². The van der Waals surface area contributed by atoms with E-state index in [0.29, 0.717) is 0 Å². The zero-order valence-electron chi connectivity index (χ0n) is 9.27. The van der Waals surface area contributed by atoms with Crippen molar-refractivity contribution in [3.8, 4) is 5.75 Å². The van der Waals surface area contributed by atoms with E-state index in [1.807, 2.05) is 31.2 Å². The summed E-state index contributed by atoms with van der Waals surface area (Å²) in [5, 5.41) is 0. The van der Waals surface area contributed by atoms with Crippen LogP contribution in [0.25, 0.3) is 0 Å². The summed E-state index contributed by atoms with van der Waals surface area (Å²) in [6.07, 6.45) is 0.782. The summed E-state index contributed by atoms with van der Waals surface area (Å²) in [6, 6.07) is 7.33. The minimum absolute atomic E-state index is 0.0721. The van der Waals surface area contributed by atoms with Crippen LogP contribution in [0.15, 0.2) is 24.3 Å². The molecule has 1 atom stereocenters. The molecule has 1 fully saturated rings. The number of hydrogen-bond acceptors (Lipinski definition) is 3. The predicted molar refractivity (Wildman–Crippen MR) is 66.9 cm³/mol. The summed E-state index contributed by atoms with van der Waals surface area (Å²) < 4.78 is 5.06. The molecule has 2 rings (SSSR count). The fourth-order valence-corrected chi connectivity index (χ4v) is 2.26. The van der Waals surface area contributed by atoms with Gasteiger partial charge in [0.25, 0.3) is 0 Å². The van der Waals surface area contributed by atoms with Gasteiger partial charge in [-0.05, 0) is 30.7 Å². The molecule has 1 aromatic rings. The van der Waals surface area contributed by atoms with Gasteiger partial charge >= 0.3 is 0 Å². The molecule has 4 heteroatoms. The molecule has 1 heterocycles. The number of nitrogens with zero attached hydrogens (tertiary/aromatic N) is 1. The molecule has 0 N–H and O–H groups in total. The third kappa shape index (κ3) is 1.59. The summed E-state index contributed by atoms with van der Waals surface area (Å²) >= 11 is 5.22. The number of hydrogen-bond donors (Lipinski definition) is 0. The quantitative estimate of drug-likeness (QED) is 0.595. The molecule has 1 aliphatic rings. The molecule has 0 saturated carbocycles.